The lowest BCUT2D eigenvalue weighted by atomic mass is 10.1. The highest BCUT2D eigenvalue weighted by Gasteiger charge is 2.34. The topological polar surface area (TPSA) is 86.8 Å². The number of aryl methyl sites for hydroxylation is 2. The minimum absolute atomic E-state index is 0.000278. The van der Waals surface area contributed by atoms with Crippen molar-refractivity contribution in [2.45, 2.75) is 64.6 Å². The highest BCUT2D eigenvalue weighted by molar-refractivity contribution is 7.92. The van der Waals surface area contributed by atoms with Crippen molar-refractivity contribution in [3.63, 3.8) is 0 Å². The number of hydrogen-bond acceptors (Lipinski definition) is 4. The van der Waals surface area contributed by atoms with E-state index in [9.17, 15) is 18.0 Å². The summed E-state index contributed by atoms with van der Waals surface area (Å²) < 4.78 is 28.8. The number of benzene rings is 3. The van der Waals surface area contributed by atoms with Crippen molar-refractivity contribution in [1.29, 1.82) is 0 Å². The smallest absolute Gasteiger partial charge is 0.264 e. The number of carbonyl (C=O) groups is 2. The van der Waals surface area contributed by atoms with Crippen molar-refractivity contribution in [2.24, 2.45) is 0 Å². The first kappa shape index (κ1) is 31.5. The number of halogens is 2. The molecule has 0 unspecified atom stereocenters. The molecule has 0 fully saturated rings. The number of anilines is 1. The lowest BCUT2D eigenvalue weighted by Gasteiger charge is -2.32. The summed E-state index contributed by atoms with van der Waals surface area (Å²) in [5, 5.41) is 3.07. The van der Waals surface area contributed by atoms with Crippen LogP contribution in [0.5, 0.6) is 0 Å². The second kappa shape index (κ2) is 13.5. The van der Waals surface area contributed by atoms with E-state index in [1.807, 2.05) is 52.0 Å². The summed E-state index contributed by atoms with van der Waals surface area (Å²) >= 11 is 12.7. The predicted molar refractivity (Wildman–Crippen MR) is 161 cm³/mol. The third-order valence-electron chi connectivity index (χ3n) is 6.73. The maximum absolute atomic E-state index is 14.0. The van der Waals surface area contributed by atoms with Crippen molar-refractivity contribution in [2.75, 3.05) is 10.8 Å². The van der Waals surface area contributed by atoms with Crippen molar-refractivity contribution in [3.8, 4) is 0 Å². The fourth-order valence-electron chi connectivity index (χ4n) is 3.97. The Bertz CT molecular complexity index is 1440. The van der Waals surface area contributed by atoms with E-state index in [1.165, 1.54) is 29.2 Å². The minimum atomic E-state index is -4.24. The summed E-state index contributed by atoms with van der Waals surface area (Å²) in [5.41, 5.74) is 2.80. The number of nitrogens with zero attached hydrogens (tertiary/aromatic N) is 2. The van der Waals surface area contributed by atoms with Crippen LogP contribution >= 0.6 is 23.2 Å². The number of carbonyl (C=O) groups excluding carboxylic acids is 2. The molecule has 0 bridgehead atoms. The van der Waals surface area contributed by atoms with E-state index in [-0.39, 0.29) is 39.1 Å². The highest BCUT2D eigenvalue weighted by atomic mass is 35.5. The second-order valence-electron chi connectivity index (χ2n) is 9.90. The van der Waals surface area contributed by atoms with Crippen molar-refractivity contribution >= 4 is 50.7 Å². The van der Waals surface area contributed by atoms with Gasteiger partial charge in [-0.25, -0.2) is 8.42 Å². The van der Waals surface area contributed by atoms with Crippen LogP contribution in [0.2, 0.25) is 10.0 Å². The zero-order valence-corrected chi connectivity index (χ0v) is 25.6. The normalized spacial score (nSPS) is 12.9. The first-order valence-corrected chi connectivity index (χ1v) is 15.2. The molecule has 7 nitrogen and oxygen atoms in total. The first-order chi connectivity index (χ1) is 18.8. The third-order valence-corrected chi connectivity index (χ3v) is 9.31. The van der Waals surface area contributed by atoms with Crippen molar-refractivity contribution < 1.29 is 18.0 Å². The zero-order valence-electron chi connectivity index (χ0n) is 23.3. The van der Waals surface area contributed by atoms with Gasteiger partial charge in [0.05, 0.1) is 20.6 Å². The molecule has 40 heavy (non-hydrogen) atoms. The molecule has 2 amide bonds. The fourth-order valence-corrected chi connectivity index (χ4v) is 5.85. The Hall–Kier alpha value is -3.07. The SMILES string of the molecule is CC[C@H](C)NC(=O)[C@@H](C)N(Cc1ccc(C)cc1)C(=O)CN(c1cccc(Cl)c1Cl)S(=O)(=O)c1ccc(C)cc1. The van der Waals surface area contributed by atoms with E-state index >= 15 is 0 Å². The van der Waals surface area contributed by atoms with Gasteiger partial charge in [0.25, 0.3) is 10.0 Å². The summed E-state index contributed by atoms with van der Waals surface area (Å²) in [6.45, 7) is 8.78. The van der Waals surface area contributed by atoms with Gasteiger partial charge in [0.1, 0.15) is 12.6 Å². The van der Waals surface area contributed by atoms with Crippen LogP contribution in [0, 0.1) is 13.8 Å². The van der Waals surface area contributed by atoms with Crippen LogP contribution in [0.4, 0.5) is 5.69 Å². The fraction of sp³-hybridized carbons (Fsp3) is 0.333. The molecular weight excluding hydrogens is 569 g/mol. The molecule has 1 N–H and O–H groups in total. The molecule has 2 atom stereocenters. The highest BCUT2D eigenvalue weighted by Crippen LogP contribution is 2.35. The van der Waals surface area contributed by atoms with Crippen LogP contribution in [0.1, 0.15) is 43.9 Å². The molecule has 0 aliphatic carbocycles. The number of nitrogens with one attached hydrogen (secondary N) is 1. The third kappa shape index (κ3) is 7.56. The molecule has 214 valence electrons. The lowest BCUT2D eigenvalue weighted by molar-refractivity contribution is -0.139. The van der Waals surface area contributed by atoms with E-state index in [0.717, 1.165) is 27.4 Å². The van der Waals surface area contributed by atoms with Crippen LogP contribution in [0.15, 0.2) is 71.6 Å². The molecule has 0 radical (unpaired) electrons. The van der Waals surface area contributed by atoms with Crippen molar-refractivity contribution in [1.82, 2.24) is 10.2 Å². The summed E-state index contributed by atoms with van der Waals surface area (Å²) in [7, 11) is -4.24. The molecule has 0 saturated carbocycles. The average molecular weight is 605 g/mol. The molecular formula is C30H35Cl2N3O4S. The van der Waals surface area contributed by atoms with Gasteiger partial charge in [0, 0.05) is 12.6 Å². The number of sulfonamides is 1. The summed E-state index contributed by atoms with van der Waals surface area (Å²) in [5.74, 6) is -0.900. The molecule has 3 aromatic rings. The van der Waals surface area contributed by atoms with Gasteiger partial charge >= 0.3 is 0 Å². The molecule has 3 aromatic carbocycles. The maximum Gasteiger partial charge on any atom is 0.264 e. The van der Waals surface area contributed by atoms with Gasteiger partial charge in [-0.2, -0.15) is 0 Å². The van der Waals surface area contributed by atoms with E-state index in [4.69, 9.17) is 23.2 Å². The van der Waals surface area contributed by atoms with Gasteiger partial charge < -0.3 is 10.2 Å². The van der Waals surface area contributed by atoms with Gasteiger partial charge in [-0.1, -0.05) is 83.7 Å². The standard InChI is InChI=1S/C30H35Cl2N3O4S/c1-6-22(4)33-30(37)23(5)34(18-24-14-10-20(2)11-15-24)28(36)19-35(27-9-7-8-26(31)29(27)32)40(38,39)25-16-12-21(3)13-17-25/h7-17,22-23H,6,18-19H2,1-5H3,(H,33,37)/t22-,23+/m0/s1. The van der Waals surface area contributed by atoms with Crippen LogP contribution in [-0.4, -0.2) is 43.8 Å². The number of rotatable bonds is 11. The molecule has 0 saturated heterocycles. The Labute approximate surface area is 247 Å². The summed E-state index contributed by atoms with van der Waals surface area (Å²) in [6, 6.07) is 17.5. The average Bonchev–Trinajstić information content (AvgIpc) is 2.92. The molecule has 0 aliphatic rings. The summed E-state index contributed by atoms with van der Waals surface area (Å²) in [6.07, 6.45) is 0.722. The number of hydrogen-bond donors (Lipinski definition) is 1. The molecule has 3 rings (SSSR count). The van der Waals surface area contributed by atoms with E-state index in [2.05, 4.69) is 5.32 Å². The maximum atomic E-state index is 14.0. The Morgan fingerprint density at radius 3 is 2.05 bits per heavy atom. The van der Waals surface area contributed by atoms with E-state index in [0.29, 0.717) is 0 Å². The predicted octanol–water partition coefficient (Wildman–Crippen LogP) is 6.14. The van der Waals surface area contributed by atoms with Gasteiger partial charge in [-0.05, 0) is 63.9 Å². The van der Waals surface area contributed by atoms with Crippen molar-refractivity contribution in [3.05, 3.63) is 93.5 Å². The molecule has 0 aliphatic heterocycles. The monoisotopic (exact) mass is 603 g/mol. The van der Waals surface area contributed by atoms with Gasteiger partial charge in [-0.15, -0.1) is 0 Å². The molecule has 10 heteroatoms. The molecule has 0 spiro atoms. The van der Waals surface area contributed by atoms with Crippen LogP contribution in [0.3, 0.4) is 0 Å². The van der Waals surface area contributed by atoms with E-state index < -0.39 is 28.5 Å². The molecule has 0 aromatic heterocycles. The quantitative estimate of drug-likeness (QED) is 0.285. The zero-order chi connectivity index (χ0) is 29.6. The Balaban J connectivity index is 2.06. The Kier molecular flexibility index (Phi) is 10.6. The van der Waals surface area contributed by atoms with Gasteiger partial charge in [0.2, 0.25) is 11.8 Å². The minimum Gasteiger partial charge on any atom is -0.352 e. The van der Waals surface area contributed by atoms with Crippen LogP contribution in [-0.2, 0) is 26.2 Å². The molecule has 0 heterocycles. The summed E-state index contributed by atoms with van der Waals surface area (Å²) in [4.78, 5) is 28.5. The first-order valence-electron chi connectivity index (χ1n) is 13.0. The van der Waals surface area contributed by atoms with Gasteiger partial charge in [-0.3, -0.25) is 13.9 Å². The Morgan fingerprint density at radius 2 is 1.48 bits per heavy atom. The largest absolute Gasteiger partial charge is 0.352 e. The number of amides is 2. The van der Waals surface area contributed by atoms with Crippen LogP contribution in [0.25, 0.3) is 0 Å². The van der Waals surface area contributed by atoms with Crippen LogP contribution < -0.4 is 9.62 Å². The Morgan fingerprint density at radius 1 is 0.900 bits per heavy atom. The second-order valence-corrected chi connectivity index (χ2v) is 12.5. The van der Waals surface area contributed by atoms with Gasteiger partial charge in [0.15, 0.2) is 0 Å². The lowest BCUT2D eigenvalue weighted by Crippen LogP contribution is -2.52. The van der Waals surface area contributed by atoms with E-state index in [1.54, 1.807) is 25.1 Å².